The number of allylic oxidation sites excluding steroid dienone is 4. The molecule has 11 nitrogen and oxygen atoms in total. The quantitative estimate of drug-likeness (QED) is 0.255. The van der Waals surface area contributed by atoms with Crippen molar-refractivity contribution >= 4 is 17.5 Å². The number of benzene rings is 1. The van der Waals surface area contributed by atoms with Crippen molar-refractivity contribution in [1.29, 1.82) is 0 Å². The van der Waals surface area contributed by atoms with Crippen LogP contribution in [-0.4, -0.2) is 63.6 Å². The molecule has 4 fully saturated rings. The van der Waals surface area contributed by atoms with Crippen LogP contribution in [0.2, 0.25) is 0 Å². The molecule has 6 rings (SSSR count). The Labute approximate surface area is 259 Å². The third-order valence-electron chi connectivity index (χ3n) is 11.2. The predicted octanol–water partition coefficient (Wildman–Crippen LogP) is 3.92. The van der Waals surface area contributed by atoms with Gasteiger partial charge in [-0.05, 0) is 75.7 Å². The van der Waals surface area contributed by atoms with E-state index in [1.165, 1.54) is 12.2 Å². The molecule has 1 heterocycles. The molecule has 0 spiro atoms. The molecule has 0 radical (unpaired) electrons. The SMILES string of the molecule is CC1(C)O[C@@H]2C[C@H]3C4CCC5=CC(=O)C=C[C@]5(C)[C@@]4(F)[C@@H](O)C[C@]3(C)[C@]2(C(=O)COC(=O)Cc2ccccc2CO[N+](=O)[O-])O1. The highest BCUT2D eigenvalue weighted by Crippen LogP contribution is 2.72. The van der Waals surface area contributed by atoms with E-state index in [1.54, 1.807) is 51.1 Å². The van der Waals surface area contributed by atoms with E-state index in [0.29, 0.717) is 36.0 Å². The Bertz CT molecular complexity index is 1520. The minimum atomic E-state index is -2.09. The van der Waals surface area contributed by atoms with Crippen molar-refractivity contribution in [3.63, 3.8) is 0 Å². The van der Waals surface area contributed by atoms with Crippen molar-refractivity contribution in [1.82, 2.24) is 0 Å². The summed E-state index contributed by atoms with van der Waals surface area (Å²) >= 11 is 0. The summed E-state index contributed by atoms with van der Waals surface area (Å²) in [5.74, 6) is -3.70. The number of carbonyl (C=O) groups excluding carboxylic acids is 3. The van der Waals surface area contributed by atoms with Crippen molar-refractivity contribution in [3.05, 3.63) is 69.3 Å². The lowest BCUT2D eigenvalue weighted by atomic mass is 9.44. The molecule has 3 saturated carbocycles. The van der Waals surface area contributed by atoms with Crippen LogP contribution in [0.4, 0.5) is 4.39 Å². The molecule has 242 valence electrons. The maximum atomic E-state index is 17.6. The molecule has 12 heteroatoms. The monoisotopic (exact) mass is 627 g/mol. The average Bonchev–Trinajstić information content (AvgIpc) is 3.38. The molecule has 1 N–H and O–H groups in total. The molecule has 0 bridgehead atoms. The molecule has 5 aliphatic rings. The Morgan fingerprint density at radius 3 is 2.58 bits per heavy atom. The minimum absolute atomic E-state index is 0.102. The number of hydrogen-bond acceptors (Lipinski definition) is 10. The lowest BCUT2D eigenvalue weighted by Crippen LogP contribution is -2.70. The van der Waals surface area contributed by atoms with Crippen LogP contribution < -0.4 is 0 Å². The van der Waals surface area contributed by atoms with Gasteiger partial charge in [0.15, 0.2) is 29.4 Å². The third kappa shape index (κ3) is 4.58. The number of Topliss-reactive ketones (excluding diaryl/α,β-unsaturated/α-hetero) is 1. The van der Waals surface area contributed by atoms with Crippen molar-refractivity contribution in [2.75, 3.05) is 6.61 Å². The molecule has 0 aromatic heterocycles. The van der Waals surface area contributed by atoms with E-state index in [9.17, 15) is 29.6 Å². The number of ether oxygens (including phenoxy) is 3. The number of nitrogens with zero attached hydrogens (tertiary/aromatic N) is 1. The number of halogens is 1. The lowest BCUT2D eigenvalue weighted by Gasteiger charge is -2.62. The number of esters is 1. The van der Waals surface area contributed by atoms with Gasteiger partial charge in [-0.2, -0.15) is 0 Å². The van der Waals surface area contributed by atoms with Crippen LogP contribution in [0.3, 0.4) is 0 Å². The van der Waals surface area contributed by atoms with Crippen molar-refractivity contribution in [3.8, 4) is 0 Å². The first-order chi connectivity index (χ1) is 21.1. The Morgan fingerprint density at radius 2 is 1.87 bits per heavy atom. The molecule has 4 aliphatic carbocycles. The summed E-state index contributed by atoms with van der Waals surface area (Å²) in [5, 5.41) is 21.4. The van der Waals surface area contributed by atoms with Crippen LogP contribution in [0.1, 0.15) is 64.5 Å². The number of carbonyl (C=O) groups is 3. The van der Waals surface area contributed by atoms with Gasteiger partial charge in [0, 0.05) is 16.7 Å². The predicted molar refractivity (Wildman–Crippen MR) is 154 cm³/mol. The summed E-state index contributed by atoms with van der Waals surface area (Å²) in [4.78, 5) is 54.4. The van der Waals surface area contributed by atoms with Crippen molar-refractivity contribution < 1.29 is 48.0 Å². The van der Waals surface area contributed by atoms with Crippen molar-refractivity contribution in [2.45, 2.75) is 95.7 Å². The van der Waals surface area contributed by atoms with Gasteiger partial charge in [-0.25, -0.2) is 4.39 Å². The van der Waals surface area contributed by atoms with Gasteiger partial charge in [0.1, 0.15) is 6.61 Å². The number of ketones is 2. The highest BCUT2D eigenvalue weighted by molar-refractivity contribution is 6.01. The zero-order valence-electron chi connectivity index (χ0n) is 25.7. The molecule has 1 aliphatic heterocycles. The Morgan fingerprint density at radius 1 is 1.16 bits per heavy atom. The Kier molecular flexibility index (Phi) is 7.37. The lowest BCUT2D eigenvalue weighted by molar-refractivity contribution is -0.763. The largest absolute Gasteiger partial charge is 0.457 e. The van der Waals surface area contributed by atoms with Crippen LogP contribution >= 0.6 is 0 Å². The number of hydrogen-bond donors (Lipinski definition) is 1. The summed E-state index contributed by atoms with van der Waals surface area (Å²) in [5.41, 5.74) is -4.41. The van der Waals surface area contributed by atoms with E-state index in [4.69, 9.17) is 14.2 Å². The molecule has 0 amide bonds. The second kappa shape index (κ2) is 10.5. The van der Waals surface area contributed by atoms with Gasteiger partial charge in [-0.3, -0.25) is 14.4 Å². The van der Waals surface area contributed by atoms with Crippen LogP contribution in [0, 0.1) is 32.8 Å². The second-order valence-corrected chi connectivity index (χ2v) is 13.9. The molecule has 8 atom stereocenters. The molecule has 1 unspecified atom stereocenters. The van der Waals surface area contributed by atoms with E-state index in [2.05, 4.69) is 4.84 Å². The second-order valence-electron chi connectivity index (χ2n) is 13.9. The summed E-state index contributed by atoms with van der Waals surface area (Å²) in [6.07, 6.45) is 2.98. The molecule has 1 saturated heterocycles. The first-order valence-electron chi connectivity index (χ1n) is 15.3. The van der Waals surface area contributed by atoms with E-state index >= 15 is 4.39 Å². The molecule has 1 aromatic carbocycles. The van der Waals surface area contributed by atoms with Gasteiger partial charge in [0.2, 0.25) is 5.78 Å². The normalized spacial score (nSPS) is 39.2. The maximum Gasteiger partial charge on any atom is 0.310 e. The fraction of sp³-hybridized carbons (Fsp3) is 0.606. The zero-order chi connectivity index (χ0) is 32.6. The van der Waals surface area contributed by atoms with Gasteiger partial charge >= 0.3 is 5.97 Å². The number of fused-ring (bicyclic) bond motifs is 7. The van der Waals surface area contributed by atoms with E-state index < -0.39 is 75.4 Å². The number of alkyl halides is 1. The Hall–Kier alpha value is -3.48. The summed E-state index contributed by atoms with van der Waals surface area (Å²) in [6.45, 7) is 5.97. The number of aliphatic hydroxyl groups excluding tert-OH is 1. The third-order valence-corrected chi connectivity index (χ3v) is 11.2. The van der Waals surface area contributed by atoms with Crippen LogP contribution in [0.25, 0.3) is 0 Å². The fourth-order valence-corrected chi connectivity index (χ4v) is 9.26. The summed E-state index contributed by atoms with van der Waals surface area (Å²) in [7, 11) is 0. The van der Waals surface area contributed by atoms with Gasteiger partial charge in [0.25, 0.3) is 5.09 Å². The van der Waals surface area contributed by atoms with E-state index in [-0.39, 0.29) is 25.2 Å². The maximum absolute atomic E-state index is 17.6. The number of rotatable bonds is 8. The fourth-order valence-electron chi connectivity index (χ4n) is 9.26. The van der Waals surface area contributed by atoms with Crippen LogP contribution in [0.5, 0.6) is 0 Å². The summed E-state index contributed by atoms with van der Waals surface area (Å²) < 4.78 is 35.8. The van der Waals surface area contributed by atoms with Crippen LogP contribution in [-0.2, 0) is 46.5 Å². The average molecular weight is 628 g/mol. The zero-order valence-corrected chi connectivity index (χ0v) is 25.7. The topological polar surface area (TPSA) is 152 Å². The van der Waals surface area contributed by atoms with Gasteiger partial charge in [-0.15, -0.1) is 10.1 Å². The minimum Gasteiger partial charge on any atom is -0.457 e. The van der Waals surface area contributed by atoms with Gasteiger partial charge in [0.05, 0.1) is 18.6 Å². The Balaban J connectivity index is 1.26. The molecule has 1 aromatic rings. The molecule has 45 heavy (non-hydrogen) atoms. The standard InChI is InChI=1S/C33H38FNO10/c1-29(2)44-27-15-24-23-10-9-21-14-22(36)11-12-30(21,3)32(23,34)25(37)16-31(24,4)33(27,45-29)26(38)18-42-28(39)13-19-7-5-6-8-20(19)17-43-35(40)41/h5-8,11-12,14,23-25,27,37H,9-10,13,15-18H2,1-4H3/t23?,24-,25-,27+,30-,31-,32-,33+/m0/s1. The summed E-state index contributed by atoms with van der Waals surface area (Å²) in [6, 6.07) is 6.54. The van der Waals surface area contributed by atoms with E-state index in [0.717, 1.165) is 0 Å². The van der Waals surface area contributed by atoms with Crippen molar-refractivity contribution in [2.24, 2.45) is 22.7 Å². The molecular formula is C33H38FNO10. The van der Waals surface area contributed by atoms with Gasteiger partial charge < -0.3 is 24.2 Å². The highest BCUT2D eigenvalue weighted by Gasteiger charge is 2.80. The highest BCUT2D eigenvalue weighted by atomic mass is 19.1. The van der Waals surface area contributed by atoms with Crippen LogP contribution in [0.15, 0.2) is 48.1 Å². The van der Waals surface area contributed by atoms with E-state index in [1.807, 2.05) is 6.92 Å². The first kappa shape index (κ1) is 31.5. The molecular weight excluding hydrogens is 589 g/mol. The number of aliphatic hydroxyl groups is 1. The van der Waals surface area contributed by atoms with Gasteiger partial charge in [-0.1, -0.05) is 42.8 Å². The first-order valence-corrected chi connectivity index (χ1v) is 15.3. The smallest absolute Gasteiger partial charge is 0.310 e.